The molecular formula is C12H10ClF2NO3S. The van der Waals surface area contributed by atoms with Gasteiger partial charge in [0.2, 0.25) is 9.84 Å². The highest BCUT2D eigenvalue weighted by Crippen LogP contribution is 2.21. The third-order valence-electron chi connectivity index (χ3n) is 2.51. The number of alkyl halides is 2. The van der Waals surface area contributed by atoms with Crippen LogP contribution in [0.25, 0.3) is 0 Å². The quantitative estimate of drug-likeness (QED) is 0.915. The van der Waals surface area contributed by atoms with Crippen LogP contribution in [-0.2, 0) is 16.4 Å². The summed E-state index contributed by atoms with van der Waals surface area (Å²) in [6.45, 7) is 0.341. The minimum Gasteiger partial charge on any atom is -0.448 e. The fourth-order valence-corrected chi connectivity index (χ4v) is 2.38. The summed E-state index contributed by atoms with van der Waals surface area (Å²) in [4.78, 5) is -0.418. The molecule has 1 aromatic heterocycles. The van der Waals surface area contributed by atoms with Gasteiger partial charge < -0.3 is 9.73 Å². The van der Waals surface area contributed by atoms with Crippen molar-refractivity contribution in [3.63, 3.8) is 0 Å². The Morgan fingerprint density at radius 2 is 1.80 bits per heavy atom. The van der Waals surface area contributed by atoms with Gasteiger partial charge in [0.15, 0.2) is 5.22 Å². The monoisotopic (exact) mass is 321 g/mol. The molecule has 1 N–H and O–H groups in total. The lowest BCUT2D eigenvalue weighted by Crippen LogP contribution is -2.11. The van der Waals surface area contributed by atoms with Gasteiger partial charge >= 0.3 is 5.76 Å². The van der Waals surface area contributed by atoms with Crippen LogP contribution in [0.15, 0.2) is 45.7 Å². The molecule has 2 aromatic rings. The second-order valence-corrected chi connectivity index (χ2v) is 6.18. The second-order valence-electron chi connectivity index (χ2n) is 3.89. The van der Waals surface area contributed by atoms with Gasteiger partial charge in [-0.3, -0.25) is 0 Å². The van der Waals surface area contributed by atoms with Gasteiger partial charge in [0.1, 0.15) is 5.76 Å². The molecule has 0 aliphatic carbocycles. The number of benzene rings is 1. The summed E-state index contributed by atoms with van der Waals surface area (Å²) in [6.07, 6.45) is 0. The summed E-state index contributed by atoms with van der Waals surface area (Å²) in [7, 11) is -4.55. The summed E-state index contributed by atoms with van der Waals surface area (Å²) in [5.74, 6) is -2.83. The van der Waals surface area contributed by atoms with Crippen LogP contribution in [0.5, 0.6) is 0 Å². The molecule has 1 aromatic carbocycles. The minimum atomic E-state index is -4.55. The van der Waals surface area contributed by atoms with E-state index in [2.05, 4.69) is 5.32 Å². The van der Waals surface area contributed by atoms with E-state index in [4.69, 9.17) is 16.0 Å². The van der Waals surface area contributed by atoms with Gasteiger partial charge in [-0.1, -0.05) is 0 Å². The highest BCUT2D eigenvalue weighted by Gasteiger charge is 2.26. The third-order valence-corrected chi connectivity index (χ3v) is 4.11. The van der Waals surface area contributed by atoms with Crippen molar-refractivity contribution < 1.29 is 21.6 Å². The first kappa shape index (κ1) is 14.8. The molecule has 0 spiro atoms. The van der Waals surface area contributed by atoms with Gasteiger partial charge in [-0.2, -0.15) is 8.78 Å². The van der Waals surface area contributed by atoms with Crippen molar-refractivity contribution in [1.82, 2.24) is 0 Å². The van der Waals surface area contributed by atoms with Crippen molar-refractivity contribution in [2.75, 3.05) is 5.32 Å². The van der Waals surface area contributed by atoms with Crippen molar-refractivity contribution in [2.24, 2.45) is 0 Å². The lowest BCUT2D eigenvalue weighted by molar-refractivity contribution is 0.234. The molecule has 0 aliphatic heterocycles. The fourth-order valence-electron chi connectivity index (χ4n) is 1.50. The summed E-state index contributed by atoms with van der Waals surface area (Å²) in [6, 6.07) is 8.33. The van der Waals surface area contributed by atoms with Gasteiger partial charge in [-0.25, -0.2) is 8.42 Å². The number of furan rings is 1. The summed E-state index contributed by atoms with van der Waals surface area (Å²) in [5.41, 5.74) is 0.575. The first-order valence-electron chi connectivity index (χ1n) is 5.50. The molecule has 8 heteroatoms. The predicted molar refractivity (Wildman–Crippen MR) is 70.7 cm³/mol. The normalized spacial score (nSPS) is 11.8. The number of rotatable bonds is 5. The van der Waals surface area contributed by atoms with E-state index in [1.165, 1.54) is 12.1 Å². The Labute approximate surface area is 119 Å². The highest BCUT2D eigenvalue weighted by atomic mass is 35.5. The molecule has 0 saturated heterocycles. The van der Waals surface area contributed by atoms with E-state index in [0.29, 0.717) is 18.0 Å². The van der Waals surface area contributed by atoms with Gasteiger partial charge in [-0.05, 0) is 48.0 Å². The molecule has 20 heavy (non-hydrogen) atoms. The van der Waals surface area contributed by atoms with E-state index in [0.717, 1.165) is 12.1 Å². The molecule has 0 atom stereocenters. The van der Waals surface area contributed by atoms with Crippen LogP contribution < -0.4 is 5.32 Å². The third kappa shape index (κ3) is 3.29. The van der Waals surface area contributed by atoms with Gasteiger partial charge in [-0.15, -0.1) is 0 Å². The molecule has 0 fully saturated rings. The van der Waals surface area contributed by atoms with Crippen LogP contribution in [0.2, 0.25) is 5.22 Å². The average Bonchev–Trinajstić information content (AvgIpc) is 2.82. The maximum Gasteiger partial charge on any atom is 0.341 e. The molecule has 1 heterocycles. The average molecular weight is 322 g/mol. The van der Waals surface area contributed by atoms with Crippen LogP contribution in [0.4, 0.5) is 14.5 Å². The Morgan fingerprint density at radius 3 is 2.30 bits per heavy atom. The molecule has 0 bridgehead atoms. The number of anilines is 1. The first-order valence-corrected chi connectivity index (χ1v) is 7.42. The van der Waals surface area contributed by atoms with Crippen LogP contribution in [0.3, 0.4) is 0 Å². The van der Waals surface area contributed by atoms with Crippen LogP contribution in [-0.4, -0.2) is 14.2 Å². The first-order chi connectivity index (χ1) is 9.39. The van der Waals surface area contributed by atoms with Gasteiger partial charge in [0.25, 0.3) is 0 Å². The maximum absolute atomic E-state index is 12.3. The van der Waals surface area contributed by atoms with E-state index < -0.39 is 20.5 Å². The summed E-state index contributed by atoms with van der Waals surface area (Å²) < 4.78 is 52.3. The molecule has 0 unspecified atom stereocenters. The molecule has 0 amide bonds. The maximum atomic E-state index is 12.3. The summed E-state index contributed by atoms with van der Waals surface area (Å²) in [5, 5.41) is 3.21. The molecule has 108 valence electrons. The smallest absolute Gasteiger partial charge is 0.341 e. The minimum absolute atomic E-state index is 0.264. The standard InChI is InChI=1S/C12H10ClF2NO3S/c13-11-6-3-9(19-11)7-16-8-1-4-10(5-2-8)20(17,18)12(14)15/h1-6,12,16H,7H2. The Morgan fingerprint density at radius 1 is 1.15 bits per heavy atom. The lowest BCUT2D eigenvalue weighted by Gasteiger charge is -2.06. The Balaban J connectivity index is 2.05. The van der Waals surface area contributed by atoms with E-state index in [-0.39, 0.29) is 5.22 Å². The molecule has 0 saturated carbocycles. The second kappa shape index (κ2) is 5.80. The Hall–Kier alpha value is -1.60. The van der Waals surface area contributed by atoms with Crippen molar-refractivity contribution in [3.8, 4) is 0 Å². The van der Waals surface area contributed by atoms with Crippen LogP contribution >= 0.6 is 11.6 Å². The number of sulfone groups is 1. The summed E-state index contributed by atoms with van der Waals surface area (Å²) >= 11 is 5.61. The van der Waals surface area contributed by atoms with Crippen molar-refractivity contribution in [3.05, 3.63) is 47.4 Å². The number of hydrogen-bond acceptors (Lipinski definition) is 4. The van der Waals surface area contributed by atoms with Crippen molar-refractivity contribution in [2.45, 2.75) is 17.2 Å². The van der Waals surface area contributed by atoms with E-state index >= 15 is 0 Å². The number of hydrogen-bond donors (Lipinski definition) is 1. The molecule has 0 aliphatic rings. The van der Waals surface area contributed by atoms with E-state index in [9.17, 15) is 17.2 Å². The van der Waals surface area contributed by atoms with Crippen molar-refractivity contribution in [1.29, 1.82) is 0 Å². The Kier molecular flexibility index (Phi) is 4.29. The SMILES string of the molecule is O=S(=O)(c1ccc(NCc2ccc(Cl)o2)cc1)C(F)F. The largest absolute Gasteiger partial charge is 0.448 e. The zero-order chi connectivity index (χ0) is 14.8. The lowest BCUT2D eigenvalue weighted by atomic mass is 10.3. The zero-order valence-corrected chi connectivity index (χ0v) is 11.6. The topological polar surface area (TPSA) is 59.3 Å². The molecule has 0 radical (unpaired) electrons. The molecule has 4 nitrogen and oxygen atoms in total. The number of nitrogens with one attached hydrogen (secondary N) is 1. The molecular weight excluding hydrogens is 312 g/mol. The molecule has 2 rings (SSSR count). The van der Waals surface area contributed by atoms with Crippen molar-refractivity contribution >= 4 is 27.1 Å². The predicted octanol–water partition coefficient (Wildman–Crippen LogP) is 3.54. The van der Waals surface area contributed by atoms with E-state index in [1.54, 1.807) is 12.1 Å². The zero-order valence-electron chi connectivity index (χ0n) is 10.0. The fraction of sp³-hybridized carbons (Fsp3) is 0.167. The van der Waals surface area contributed by atoms with Crippen LogP contribution in [0, 0.1) is 0 Å². The highest BCUT2D eigenvalue weighted by molar-refractivity contribution is 7.91. The van der Waals surface area contributed by atoms with Gasteiger partial charge in [0, 0.05) is 5.69 Å². The van der Waals surface area contributed by atoms with Crippen LogP contribution in [0.1, 0.15) is 5.76 Å². The Bertz CT molecular complexity index is 683. The van der Waals surface area contributed by atoms with E-state index in [1.807, 2.05) is 0 Å². The van der Waals surface area contributed by atoms with Gasteiger partial charge in [0.05, 0.1) is 11.4 Å². The number of halogens is 3.